The molecule has 0 fully saturated rings. The zero-order chi connectivity index (χ0) is 10.6. The van der Waals surface area contributed by atoms with Crippen LogP contribution in [0.4, 0.5) is 0 Å². The number of carbonyl (C=O) groups excluding carboxylic acids is 1. The second kappa shape index (κ2) is 5.07. The molecule has 76 valence electrons. The summed E-state index contributed by atoms with van der Waals surface area (Å²) in [7, 11) is 1.45. The van der Waals surface area contributed by atoms with Gasteiger partial charge in [-0.2, -0.15) is 0 Å². The van der Waals surface area contributed by atoms with Gasteiger partial charge in [-0.3, -0.25) is 4.79 Å². The maximum Gasteiger partial charge on any atom is 0.326 e. The van der Waals surface area contributed by atoms with Gasteiger partial charge in [-0.1, -0.05) is 13.8 Å². The quantitative estimate of drug-likeness (QED) is 0.694. The smallest absolute Gasteiger partial charge is 0.326 e. The molecule has 0 aliphatic rings. The number of halogens is 1. The lowest BCUT2D eigenvalue weighted by molar-refractivity contribution is -0.150. The molecule has 13 heavy (non-hydrogen) atoms. The van der Waals surface area contributed by atoms with E-state index < -0.39 is 12.0 Å². The Morgan fingerprint density at radius 2 is 1.92 bits per heavy atom. The molecule has 1 N–H and O–H groups in total. The monoisotopic (exact) mass is 207 g/mol. The van der Waals surface area contributed by atoms with Crippen LogP contribution in [-0.4, -0.2) is 40.9 Å². The third-order valence-corrected chi connectivity index (χ3v) is 2.04. The summed E-state index contributed by atoms with van der Waals surface area (Å²) in [5.74, 6) is -1.69. The lowest BCUT2D eigenvalue weighted by Crippen LogP contribution is -2.46. The van der Waals surface area contributed by atoms with Gasteiger partial charge >= 0.3 is 5.97 Å². The van der Waals surface area contributed by atoms with Crippen molar-refractivity contribution in [1.29, 1.82) is 0 Å². The summed E-state index contributed by atoms with van der Waals surface area (Å²) < 4.78 is 0. The molecule has 0 aromatic rings. The zero-order valence-corrected chi connectivity index (χ0v) is 8.71. The maximum atomic E-state index is 11.1. The summed E-state index contributed by atoms with van der Waals surface area (Å²) in [4.78, 5) is 23.0. The van der Waals surface area contributed by atoms with Crippen molar-refractivity contribution in [3.8, 4) is 0 Å². The van der Waals surface area contributed by atoms with E-state index in [-0.39, 0.29) is 17.7 Å². The first-order valence-corrected chi connectivity index (χ1v) is 4.49. The molecular weight excluding hydrogens is 194 g/mol. The molecule has 0 unspecified atom stereocenters. The number of likely N-dealkylation sites (N-methyl/N-ethyl adjacent to an activating group) is 1. The molecule has 0 aliphatic heterocycles. The molecule has 1 amide bonds. The van der Waals surface area contributed by atoms with Crippen molar-refractivity contribution in [1.82, 2.24) is 4.90 Å². The molecule has 0 aliphatic carbocycles. The van der Waals surface area contributed by atoms with Crippen LogP contribution in [-0.2, 0) is 9.59 Å². The first-order valence-electron chi connectivity index (χ1n) is 3.96. The highest BCUT2D eigenvalue weighted by Gasteiger charge is 2.28. The van der Waals surface area contributed by atoms with Crippen LogP contribution < -0.4 is 0 Å². The Labute approximate surface area is 82.5 Å². The van der Waals surface area contributed by atoms with Gasteiger partial charge in [0.2, 0.25) is 5.91 Å². The van der Waals surface area contributed by atoms with Gasteiger partial charge in [0.05, 0.1) is 0 Å². The van der Waals surface area contributed by atoms with Crippen molar-refractivity contribution in [2.24, 2.45) is 5.92 Å². The third-order valence-electron chi connectivity index (χ3n) is 1.81. The van der Waals surface area contributed by atoms with E-state index in [9.17, 15) is 9.59 Å². The van der Waals surface area contributed by atoms with E-state index in [1.165, 1.54) is 11.9 Å². The van der Waals surface area contributed by atoms with Crippen molar-refractivity contribution in [2.45, 2.75) is 19.9 Å². The number of nitrogens with zero attached hydrogens (tertiary/aromatic N) is 1. The number of aliphatic carboxylic acids is 1. The fourth-order valence-electron chi connectivity index (χ4n) is 1.15. The van der Waals surface area contributed by atoms with Crippen molar-refractivity contribution in [3.05, 3.63) is 0 Å². The number of alkyl halides is 1. The standard InChI is InChI=1S/C8H14ClNO3/c1-5(2)7(8(12)13)10(3)6(11)4-9/h5,7H,4H2,1-3H3,(H,12,13)/t7-/m1/s1. The molecule has 0 heterocycles. The fraction of sp³-hybridized carbons (Fsp3) is 0.750. The van der Waals surface area contributed by atoms with E-state index in [2.05, 4.69) is 0 Å². The van der Waals surface area contributed by atoms with E-state index in [0.717, 1.165) is 0 Å². The summed E-state index contributed by atoms with van der Waals surface area (Å²) in [5.41, 5.74) is 0. The average Bonchev–Trinajstić information content (AvgIpc) is 2.01. The molecule has 0 aromatic carbocycles. The van der Waals surface area contributed by atoms with E-state index in [4.69, 9.17) is 16.7 Å². The number of hydrogen-bond donors (Lipinski definition) is 1. The lowest BCUT2D eigenvalue weighted by atomic mass is 10.0. The Morgan fingerprint density at radius 1 is 1.46 bits per heavy atom. The van der Waals surface area contributed by atoms with Crippen LogP contribution in [0.2, 0.25) is 0 Å². The summed E-state index contributed by atoms with van der Waals surface area (Å²) in [5, 5.41) is 8.82. The van der Waals surface area contributed by atoms with E-state index in [1.54, 1.807) is 13.8 Å². The third kappa shape index (κ3) is 3.22. The predicted octanol–water partition coefficient (Wildman–Crippen LogP) is 0.793. The minimum atomic E-state index is -1.00. The summed E-state index contributed by atoms with van der Waals surface area (Å²) in [6.45, 7) is 3.49. The van der Waals surface area contributed by atoms with Gasteiger partial charge in [0, 0.05) is 7.05 Å². The topological polar surface area (TPSA) is 57.6 Å². The highest BCUT2D eigenvalue weighted by atomic mass is 35.5. The predicted molar refractivity (Wildman–Crippen MR) is 49.8 cm³/mol. The largest absolute Gasteiger partial charge is 0.480 e. The van der Waals surface area contributed by atoms with Crippen molar-refractivity contribution < 1.29 is 14.7 Å². The second-order valence-electron chi connectivity index (χ2n) is 3.17. The highest BCUT2D eigenvalue weighted by Crippen LogP contribution is 2.09. The van der Waals surface area contributed by atoms with Gasteiger partial charge in [0.15, 0.2) is 0 Å². The molecule has 0 rings (SSSR count). The summed E-state index contributed by atoms with van der Waals surface area (Å²) in [6, 6.07) is -0.800. The molecular formula is C8H14ClNO3. The minimum Gasteiger partial charge on any atom is -0.480 e. The van der Waals surface area contributed by atoms with Gasteiger partial charge in [0.25, 0.3) is 0 Å². The second-order valence-corrected chi connectivity index (χ2v) is 3.43. The van der Waals surface area contributed by atoms with Crippen LogP contribution in [0.3, 0.4) is 0 Å². The number of carbonyl (C=O) groups is 2. The van der Waals surface area contributed by atoms with Gasteiger partial charge in [-0.15, -0.1) is 11.6 Å². The summed E-state index contributed by atoms with van der Waals surface area (Å²) in [6.07, 6.45) is 0. The normalized spacial score (nSPS) is 12.7. The molecule has 4 nitrogen and oxygen atoms in total. The number of carboxylic acid groups (broad SMARTS) is 1. The number of amides is 1. The Hall–Kier alpha value is -0.770. The van der Waals surface area contributed by atoms with Gasteiger partial charge in [0.1, 0.15) is 11.9 Å². The Balaban J connectivity index is 4.55. The van der Waals surface area contributed by atoms with Gasteiger partial charge in [-0.05, 0) is 5.92 Å². The van der Waals surface area contributed by atoms with Crippen LogP contribution >= 0.6 is 11.6 Å². The highest BCUT2D eigenvalue weighted by molar-refractivity contribution is 6.27. The van der Waals surface area contributed by atoms with E-state index in [1.807, 2.05) is 0 Å². The molecule has 0 bridgehead atoms. The fourth-order valence-corrected chi connectivity index (χ4v) is 1.34. The Kier molecular flexibility index (Phi) is 4.77. The molecule has 1 atom stereocenters. The molecule has 0 saturated heterocycles. The SMILES string of the molecule is CC(C)[C@H](C(=O)O)N(C)C(=O)CCl. The molecule has 0 saturated carbocycles. The van der Waals surface area contributed by atoms with Gasteiger partial charge < -0.3 is 10.0 Å². The zero-order valence-electron chi connectivity index (χ0n) is 7.95. The van der Waals surface area contributed by atoms with Crippen LogP contribution in [0.1, 0.15) is 13.8 Å². The Morgan fingerprint density at radius 3 is 2.15 bits per heavy atom. The number of carboxylic acids is 1. The number of rotatable bonds is 4. The van der Waals surface area contributed by atoms with Crippen LogP contribution in [0.15, 0.2) is 0 Å². The summed E-state index contributed by atoms with van der Waals surface area (Å²) >= 11 is 5.32. The average molecular weight is 208 g/mol. The molecule has 0 radical (unpaired) electrons. The first kappa shape index (κ1) is 12.2. The van der Waals surface area contributed by atoms with Crippen molar-refractivity contribution in [2.75, 3.05) is 12.9 Å². The van der Waals surface area contributed by atoms with Gasteiger partial charge in [-0.25, -0.2) is 4.79 Å². The molecule has 0 aromatic heterocycles. The minimum absolute atomic E-state index is 0.130. The number of hydrogen-bond acceptors (Lipinski definition) is 2. The van der Waals surface area contributed by atoms with E-state index >= 15 is 0 Å². The van der Waals surface area contributed by atoms with Crippen LogP contribution in [0, 0.1) is 5.92 Å². The molecule has 0 spiro atoms. The van der Waals surface area contributed by atoms with Crippen molar-refractivity contribution >= 4 is 23.5 Å². The van der Waals surface area contributed by atoms with Crippen molar-refractivity contribution in [3.63, 3.8) is 0 Å². The maximum absolute atomic E-state index is 11.1. The molecule has 5 heteroatoms. The lowest BCUT2D eigenvalue weighted by Gasteiger charge is -2.26. The van der Waals surface area contributed by atoms with Crippen LogP contribution in [0.5, 0.6) is 0 Å². The van der Waals surface area contributed by atoms with Crippen LogP contribution in [0.25, 0.3) is 0 Å². The Bertz CT molecular complexity index is 206. The first-order chi connectivity index (χ1) is 5.91. The van der Waals surface area contributed by atoms with E-state index in [0.29, 0.717) is 0 Å².